The second-order valence-corrected chi connectivity index (χ2v) is 6.44. The van der Waals surface area contributed by atoms with Gasteiger partial charge in [-0.3, -0.25) is 4.90 Å². The Morgan fingerprint density at radius 1 is 1.08 bits per heavy atom. The summed E-state index contributed by atoms with van der Waals surface area (Å²) in [5, 5.41) is 12.8. The van der Waals surface area contributed by atoms with Crippen molar-refractivity contribution < 1.29 is 13.2 Å². The van der Waals surface area contributed by atoms with E-state index in [1.54, 1.807) is 17.4 Å². The smallest absolute Gasteiger partial charge is 0.353 e. The molecule has 4 rings (SSSR count). The van der Waals surface area contributed by atoms with E-state index in [2.05, 4.69) is 25.2 Å². The zero-order valence-corrected chi connectivity index (χ0v) is 13.8. The van der Waals surface area contributed by atoms with Gasteiger partial charge in [0.2, 0.25) is 0 Å². The number of anilines is 1. The highest BCUT2D eigenvalue weighted by molar-refractivity contribution is 7.07. The maximum Gasteiger partial charge on any atom is 0.453 e. The third kappa shape index (κ3) is 3.29. The summed E-state index contributed by atoms with van der Waals surface area (Å²) in [5.41, 5.74) is 2.93. The van der Waals surface area contributed by atoms with Gasteiger partial charge in [0.05, 0.1) is 11.2 Å². The first-order valence-corrected chi connectivity index (χ1v) is 8.59. The summed E-state index contributed by atoms with van der Waals surface area (Å²) >= 11 is 1.57. The third-order valence-corrected chi connectivity index (χ3v) is 4.70. The minimum atomic E-state index is -4.59. The molecule has 0 N–H and O–H groups in total. The molecule has 0 atom stereocenters. The first-order valence-electron chi connectivity index (χ1n) is 7.65. The lowest BCUT2D eigenvalue weighted by molar-refractivity contribution is -0.146. The number of halogens is 3. The molecule has 25 heavy (non-hydrogen) atoms. The van der Waals surface area contributed by atoms with E-state index in [0.717, 1.165) is 29.8 Å². The standard InChI is InChI=1S/C14H14F3N7S/c15-14(16,17)13-20-19-11-1-2-12(21-24(11)13)23-5-3-22(4-6-23)7-10-8-25-9-18-10/h1-2,8-9H,3-7H2. The van der Waals surface area contributed by atoms with Crippen LogP contribution in [0, 0.1) is 0 Å². The van der Waals surface area contributed by atoms with E-state index in [-0.39, 0.29) is 5.65 Å². The van der Waals surface area contributed by atoms with Crippen molar-refractivity contribution >= 4 is 22.8 Å². The minimum Gasteiger partial charge on any atom is -0.353 e. The van der Waals surface area contributed by atoms with Crippen molar-refractivity contribution in [1.29, 1.82) is 0 Å². The summed E-state index contributed by atoms with van der Waals surface area (Å²) in [6, 6.07) is 3.19. The van der Waals surface area contributed by atoms with Crippen molar-refractivity contribution in [2.75, 3.05) is 31.1 Å². The number of hydrogen-bond acceptors (Lipinski definition) is 7. The fraction of sp³-hybridized carbons (Fsp3) is 0.429. The largest absolute Gasteiger partial charge is 0.453 e. The lowest BCUT2D eigenvalue weighted by atomic mass is 10.3. The van der Waals surface area contributed by atoms with Crippen molar-refractivity contribution in [1.82, 2.24) is 29.7 Å². The van der Waals surface area contributed by atoms with Crippen LogP contribution in [0.5, 0.6) is 0 Å². The van der Waals surface area contributed by atoms with Gasteiger partial charge in [-0.05, 0) is 12.1 Å². The van der Waals surface area contributed by atoms with Crippen LogP contribution in [0.2, 0.25) is 0 Å². The Morgan fingerprint density at radius 2 is 1.88 bits per heavy atom. The molecule has 3 aromatic rings. The van der Waals surface area contributed by atoms with Crippen molar-refractivity contribution in [3.63, 3.8) is 0 Å². The van der Waals surface area contributed by atoms with Gasteiger partial charge in [-0.2, -0.15) is 17.7 Å². The van der Waals surface area contributed by atoms with E-state index in [1.165, 1.54) is 6.07 Å². The summed E-state index contributed by atoms with van der Waals surface area (Å²) in [6.07, 6.45) is -4.59. The number of piperazine rings is 1. The number of fused-ring (bicyclic) bond motifs is 1. The van der Waals surface area contributed by atoms with Gasteiger partial charge in [-0.1, -0.05) is 0 Å². The van der Waals surface area contributed by atoms with E-state index in [1.807, 2.05) is 15.8 Å². The van der Waals surface area contributed by atoms with Crippen LogP contribution >= 0.6 is 11.3 Å². The fourth-order valence-electron chi connectivity index (χ4n) is 2.80. The summed E-state index contributed by atoms with van der Waals surface area (Å²) in [5.74, 6) is -0.613. The van der Waals surface area contributed by atoms with E-state index in [4.69, 9.17) is 0 Å². The second-order valence-electron chi connectivity index (χ2n) is 5.73. The Bertz CT molecular complexity index is 853. The number of alkyl halides is 3. The molecule has 1 saturated heterocycles. The first kappa shape index (κ1) is 16.2. The van der Waals surface area contributed by atoms with Crippen LogP contribution in [0.1, 0.15) is 11.5 Å². The monoisotopic (exact) mass is 369 g/mol. The van der Waals surface area contributed by atoms with Gasteiger partial charge in [0.1, 0.15) is 5.82 Å². The zero-order valence-electron chi connectivity index (χ0n) is 13.0. The topological polar surface area (TPSA) is 62.5 Å². The lowest BCUT2D eigenvalue weighted by Crippen LogP contribution is -2.46. The van der Waals surface area contributed by atoms with Crippen molar-refractivity contribution in [2.45, 2.75) is 12.7 Å². The van der Waals surface area contributed by atoms with Crippen LogP contribution in [0.25, 0.3) is 5.65 Å². The van der Waals surface area contributed by atoms with Crippen LogP contribution in [0.3, 0.4) is 0 Å². The molecule has 0 unspecified atom stereocenters. The molecule has 7 nitrogen and oxygen atoms in total. The predicted molar refractivity (Wildman–Crippen MR) is 85.4 cm³/mol. The normalized spacial score (nSPS) is 16.7. The molecular weight excluding hydrogens is 355 g/mol. The average Bonchev–Trinajstić information content (AvgIpc) is 3.23. The zero-order chi connectivity index (χ0) is 17.4. The average molecular weight is 369 g/mol. The summed E-state index contributed by atoms with van der Waals surface area (Å²) in [7, 11) is 0. The van der Waals surface area contributed by atoms with Crippen LogP contribution in [-0.4, -0.2) is 55.9 Å². The van der Waals surface area contributed by atoms with Crippen LogP contribution in [0.15, 0.2) is 23.0 Å². The third-order valence-electron chi connectivity index (χ3n) is 4.07. The maximum absolute atomic E-state index is 13.0. The Labute approximate surface area is 144 Å². The van der Waals surface area contributed by atoms with E-state index in [9.17, 15) is 13.2 Å². The second kappa shape index (κ2) is 6.23. The molecule has 0 spiro atoms. The molecule has 0 amide bonds. The number of nitrogens with zero attached hydrogens (tertiary/aromatic N) is 7. The summed E-state index contributed by atoms with van der Waals surface area (Å²) in [6.45, 7) is 3.75. The van der Waals surface area contributed by atoms with Gasteiger partial charge in [0.25, 0.3) is 5.82 Å². The predicted octanol–water partition coefficient (Wildman–Crippen LogP) is 1.92. The maximum atomic E-state index is 13.0. The molecule has 3 aromatic heterocycles. The number of thiazole rings is 1. The molecule has 11 heteroatoms. The number of aromatic nitrogens is 5. The van der Waals surface area contributed by atoms with Crippen molar-refractivity contribution in [3.8, 4) is 0 Å². The van der Waals surface area contributed by atoms with Gasteiger partial charge in [0.15, 0.2) is 5.65 Å². The first-order chi connectivity index (χ1) is 12.0. The Balaban J connectivity index is 1.49. The molecule has 0 aliphatic carbocycles. The molecule has 0 bridgehead atoms. The van der Waals surface area contributed by atoms with Crippen LogP contribution < -0.4 is 4.90 Å². The van der Waals surface area contributed by atoms with Gasteiger partial charge in [-0.25, -0.2) is 4.98 Å². The summed E-state index contributed by atoms with van der Waals surface area (Å²) in [4.78, 5) is 8.51. The summed E-state index contributed by atoms with van der Waals surface area (Å²) < 4.78 is 39.7. The van der Waals surface area contributed by atoms with Crippen LogP contribution in [0.4, 0.5) is 19.0 Å². The van der Waals surface area contributed by atoms with Gasteiger partial charge in [-0.15, -0.1) is 26.6 Å². The molecule has 1 aliphatic heterocycles. The Kier molecular flexibility index (Phi) is 4.04. The van der Waals surface area contributed by atoms with E-state index < -0.39 is 12.0 Å². The quantitative estimate of drug-likeness (QED) is 0.703. The lowest BCUT2D eigenvalue weighted by Gasteiger charge is -2.34. The molecular formula is C14H14F3N7S. The highest BCUT2D eigenvalue weighted by atomic mass is 32.1. The SMILES string of the molecule is FC(F)(F)c1nnc2ccc(N3CCN(Cc4cscn4)CC3)nn12. The van der Waals surface area contributed by atoms with Gasteiger partial charge in [0, 0.05) is 38.1 Å². The van der Waals surface area contributed by atoms with Crippen molar-refractivity contribution in [3.05, 3.63) is 34.5 Å². The molecule has 0 aromatic carbocycles. The number of hydrogen-bond donors (Lipinski definition) is 0. The van der Waals surface area contributed by atoms with E-state index >= 15 is 0 Å². The Morgan fingerprint density at radius 3 is 2.56 bits per heavy atom. The minimum absolute atomic E-state index is 0.0817. The highest BCUT2D eigenvalue weighted by Crippen LogP contribution is 2.28. The molecule has 0 saturated carbocycles. The Hall–Kier alpha value is -2.27. The number of rotatable bonds is 3. The molecule has 4 heterocycles. The molecule has 0 radical (unpaired) electrons. The highest BCUT2D eigenvalue weighted by Gasteiger charge is 2.37. The fourth-order valence-corrected chi connectivity index (χ4v) is 3.35. The van der Waals surface area contributed by atoms with E-state index in [0.29, 0.717) is 18.9 Å². The van der Waals surface area contributed by atoms with Crippen LogP contribution in [-0.2, 0) is 12.7 Å². The van der Waals surface area contributed by atoms with Gasteiger partial charge < -0.3 is 4.90 Å². The van der Waals surface area contributed by atoms with Crippen molar-refractivity contribution in [2.24, 2.45) is 0 Å². The van der Waals surface area contributed by atoms with Gasteiger partial charge >= 0.3 is 6.18 Å². The molecule has 1 aliphatic rings. The molecule has 132 valence electrons. The molecule has 1 fully saturated rings.